The molecule has 17 heavy (non-hydrogen) atoms. The molecule has 1 aliphatic rings. The van der Waals surface area contributed by atoms with Crippen molar-refractivity contribution in [3.63, 3.8) is 0 Å². The van der Waals surface area contributed by atoms with Gasteiger partial charge >= 0.3 is 6.03 Å². The van der Waals surface area contributed by atoms with Crippen LogP contribution in [0.2, 0.25) is 0 Å². The van der Waals surface area contributed by atoms with Gasteiger partial charge in [-0.2, -0.15) is 0 Å². The number of nitrogens with one attached hydrogen (secondary N) is 1. The van der Waals surface area contributed by atoms with Crippen molar-refractivity contribution in [2.45, 2.75) is 25.6 Å². The molecule has 1 heterocycles. The van der Waals surface area contributed by atoms with Crippen LogP contribution in [0.25, 0.3) is 0 Å². The molecule has 1 aromatic carbocycles. The minimum absolute atomic E-state index is 0.00625. The summed E-state index contributed by atoms with van der Waals surface area (Å²) in [6, 6.07) is 8.04. The molecule has 92 valence electrons. The molecule has 0 saturated carbocycles. The number of carbonyl (C=O) groups is 1. The minimum Gasteiger partial charge on any atom is -0.312 e. The molecule has 0 spiro atoms. The van der Waals surface area contributed by atoms with Gasteiger partial charge in [0.2, 0.25) is 0 Å². The van der Waals surface area contributed by atoms with Gasteiger partial charge in [0.15, 0.2) is 0 Å². The zero-order valence-electron chi connectivity index (χ0n) is 10.3. The first-order chi connectivity index (χ1) is 8.20. The van der Waals surface area contributed by atoms with Crippen molar-refractivity contribution in [2.24, 2.45) is 0 Å². The molecule has 1 saturated heterocycles. The minimum atomic E-state index is 0.00625. The monoisotopic (exact) mass is 250 g/mol. The van der Waals surface area contributed by atoms with Gasteiger partial charge in [0, 0.05) is 18.0 Å². The van der Waals surface area contributed by atoms with Crippen LogP contribution >= 0.6 is 11.8 Å². The summed E-state index contributed by atoms with van der Waals surface area (Å²) in [4.78, 5) is 13.9. The number of urea groups is 1. The standard InChI is InChI=1S/C13H18N2OS/c1-3-11-4-6-12(7-5-11)14-13(16)15-8-9-17-10(15)2/h4-7,10H,3,8-9H2,1-2H3,(H,14,16). The molecule has 1 unspecified atom stereocenters. The SMILES string of the molecule is CCc1ccc(NC(=O)N2CCSC2C)cc1. The van der Waals surface area contributed by atoms with Crippen molar-refractivity contribution in [1.29, 1.82) is 0 Å². The molecule has 1 aromatic rings. The lowest BCUT2D eigenvalue weighted by atomic mass is 10.1. The van der Waals surface area contributed by atoms with Crippen LogP contribution < -0.4 is 5.32 Å². The average Bonchev–Trinajstić information content (AvgIpc) is 2.76. The van der Waals surface area contributed by atoms with Crippen LogP contribution in [0.1, 0.15) is 19.4 Å². The molecule has 2 rings (SSSR count). The van der Waals surface area contributed by atoms with E-state index in [9.17, 15) is 4.79 Å². The summed E-state index contributed by atoms with van der Waals surface area (Å²) in [7, 11) is 0. The highest BCUT2D eigenvalue weighted by molar-refractivity contribution is 8.00. The highest BCUT2D eigenvalue weighted by Crippen LogP contribution is 2.23. The third-order valence-electron chi connectivity index (χ3n) is 3.00. The number of hydrogen-bond donors (Lipinski definition) is 1. The van der Waals surface area contributed by atoms with Crippen molar-refractivity contribution in [3.8, 4) is 0 Å². The fourth-order valence-corrected chi connectivity index (χ4v) is 2.90. The van der Waals surface area contributed by atoms with Gasteiger partial charge in [0.1, 0.15) is 0 Å². The number of aryl methyl sites for hydroxylation is 1. The molecule has 2 amide bonds. The van der Waals surface area contributed by atoms with Crippen LogP contribution in [-0.4, -0.2) is 28.6 Å². The molecule has 0 aliphatic carbocycles. The molecule has 0 bridgehead atoms. The molecule has 3 nitrogen and oxygen atoms in total. The number of carbonyl (C=O) groups excluding carboxylic acids is 1. The van der Waals surface area contributed by atoms with Crippen molar-refractivity contribution in [3.05, 3.63) is 29.8 Å². The Morgan fingerprint density at radius 2 is 2.18 bits per heavy atom. The van der Waals surface area contributed by atoms with Gasteiger partial charge in [0.05, 0.1) is 5.37 Å². The first-order valence-electron chi connectivity index (χ1n) is 5.99. The smallest absolute Gasteiger partial charge is 0.312 e. The predicted octanol–water partition coefficient (Wildman–Crippen LogP) is 3.18. The van der Waals surface area contributed by atoms with E-state index in [2.05, 4.69) is 31.3 Å². The Labute approximate surface area is 107 Å². The molecule has 0 radical (unpaired) electrons. The second kappa shape index (κ2) is 5.45. The summed E-state index contributed by atoms with van der Waals surface area (Å²) in [5.41, 5.74) is 2.16. The van der Waals surface area contributed by atoms with Gasteiger partial charge in [-0.25, -0.2) is 4.79 Å². The maximum Gasteiger partial charge on any atom is 0.322 e. The Bertz CT molecular complexity index is 391. The summed E-state index contributed by atoms with van der Waals surface area (Å²) < 4.78 is 0. The van der Waals surface area contributed by atoms with Crippen LogP contribution in [0.4, 0.5) is 10.5 Å². The van der Waals surface area contributed by atoms with Crippen molar-refractivity contribution in [2.75, 3.05) is 17.6 Å². The van der Waals surface area contributed by atoms with Crippen molar-refractivity contribution < 1.29 is 4.79 Å². The van der Waals surface area contributed by atoms with Gasteiger partial charge in [-0.15, -0.1) is 11.8 Å². The normalized spacial score (nSPS) is 19.4. The Balaban J connectivity index is 1.97. The Morgan fingerprint density at radius 3 is 2.71 bits per heavy atom. The molecule has 4 heteroatoms. The highest BCUT2D eigenvalue weighted by Gasteiger charge is 2.25. The zero-order valence-corrected chi connectivity index (χ0v) is 11.1. The number of amides is 2. The maximum atomic E-state index is 12.0. The lowest BCUT2D eigenvalue weighted by molar-refractivity contribution is 0.216. The number of hydrogen-bond acceptors (Lipinski definition) is 2. The predicted molar refractivity (Wildman–Crippen MR) is 73.5 cm³/mol. The second-order valence-corrected chi connectivity index (χ2v) is 5.57. The van der Waals surface area contributed by atoms with Crippen LogP contribution in [0, 0.1) is 0 Å². The van der Waals surface area contributed by atoms with E-state index in [1.54, 1.807) is 0 Å². The van der Waals surface area contributed by atoms with E-state index in [1.165, 1.54) is 5.56 Å². The fourth-order valence-electron chi connectivity index (χ4n) is 1.88. The number of nitrogens with zero attached hydrogens (tertiary/aromatic N) is 1. The van der Waals surface area contributed by atoms with E-state index in [1.807, 2.05) is 28.8 Å². The van der Waals surface area contributed by atoms with Crippen LogP contribution in [-0.2, 0) is 6.42 Å². The Hall–Kier alpha value is -1.16. The number of benzene rings is 1. The molecule has 1 N–H and O–H groups in total. The lowest BCUT2D eigenvalue weighted by Gasteiger charge is -2.20. The lowest BCUT2D eigenvalue weighted by Crippen LogP contribution is -2.36. The summed E-state index contributed by atoms with van der Waals surface area (Å²) in [6.45, 7) is 5.03. The summed E-state index contributed by atoms with van der Waals surface area (Å²) in [5, 5.41) is 3.22. The topological polar surface area (TPSA) is 32.3 Å². The fraction of sp³-hybridized carbons (Fsp3) is 0.462. The summed E-state index contributed by atoms with van der Waals surface area (Å²) in [5.74, 6) is 1.03. The largest absolute Gasteiger partial charge is 0.322 e. The quantitative estimate of drug-likeness (QED) is 0.874. The van der Waals surface area contributed by atoms with E-state index >= 15 is 0 Å². The number of thioether (sulfide) groups is 1. The van der Waals surface area contributed by atoms with Gasteiger partial charge in [-0.05, 0) is 31.0 Å². The molecule has 0 aromatic heterocycles. The second-order valence-electron chi connectivity index (χ2n) is 4.14. The van der Waals surface area contributed by atoms with Gasteiger partial charge in [-0.1, -0.05) is 19.1 Å². The van der Waals surface area contributed by atoms with E-state index < -0.39 is 0 Å². The summed E-state index contributed by atoms with van der Waals surface area (Å²) >= 11 is 1.82. The average molecular weight is 250 g/mol. The van der Waals surface area contributed by atoms with E-state index in [0.717, 1.165) is 24.4 Å². The first-order valence-corrected chi connectivity index (χ1v) is 7.03. The van der Waals surface area contributed by atoms with Gasteiger partial charge in [-0.3, -0.25) is 0 Å². The third kappa shape index (κ3) is 2.94. The Morgan fingerprint density at radius 1 is 1.47 bits per heavy atom. The maximum absolute atomic E-state index is 12.0. The molecule has 1 aliphatic heterocycles. The van der Waals surface area contributed by atoms with Crippen molar-refractivity contribution in [1.82, 2.24) is 4.90 Å². The first kappa shape index (κ1) is 12.3. The van der Waals surface area contributed by atoms with Gasteiger partial charge < -0.3 is 10.2 Å². The zero-order chi connectivity index (χ0) is 12.3. The number of anilines is 1. The third-order valence-corrected chi connectivity index (χ3v) is 4.16. The van der Waals surface area contributed by atoms with E-state index in [4.69, 9.17) is 0 Å². The Kier molecular flexibility index (Phi) is 3.94. The van der Waals surface area contributed by atoms with Crippen LogP contribution in [0.5, 0.6) is 0 Å². The molecule has 1 atom stereocenters. The van der Waals surface area contributed by atoms with E-state index in [0.29, 0.717) is 0 Å². The van der Waals surface area contributed by atoms with Gasteiger partial charge in [0.25, 0.3) is 0 Å². The number of rotatable bonds is 2. The van der Waals surface area contributed by atoms with Crippen LogP contribution in [0.3, 0.4) is 0 Å². The molecule has 1 fully saturated rings. The summed E-state index contributed by atoms with van der Waals surface area (Å²) in [6.07, 6.45) is 1.02. The van der Waals surface area contributed by atoms with Crippen LogP contribution in [0.15, 0.2) is 24.3 Å². The highest BCUT2D eigenvalue weighted by atomic mass is 32.2. The van der Waals surface area contributed by atoms with E-state index in [-0.39, 0.29) is 11.4 Å². The molecular weight excluding hydrogens is 232 g/mol. The van der Waals surface area contributed by atoms with Crippen molar-refractivity contribution >= 4 is 23.5 Å². The molecular formula is C13H18N2OS.